The molecular formula is C11H21N3O4. The lowest BCUT2D eigenvalue weighted by Gasteiger charge is -2.32. The van der Waals surface area contributed by atoms with E-state index in [4.69, 9.17) is 9.84 Å². The predicted octanol–water partition coefficient (Wildman–Crippen LogP) is -0.521. The Morgan fingerprint density at radius 1 is 1.56 bits per heavy atom. The van der Waals surface area contributed by atoms with Gasteiger partial charge in [0, 0.05) is 19.6 Å². The number of nitrogens with zero attached hydrogens (tertiary/aromatic N) is 1. The number of aliphatic carboxylic acids is 1. The number of hydrogen-bond donors (Lipinski definition) is 3. The average molecular weight is 259 g/mol. The van der Waals surface area contributed by atoms with Gasteiger partial charge in [0.15, 0.2) is 0 Å². The lowest BCUT2D eigenvalue weighted by Crippen LogP contribution is -2.50. The van der Waals surface area contributed by atoms with Crippen LogP contribution in [0.3, 0.4) is 0 Å². The molecule has 2 amide bonds. The molecule has 0 saturated carbocycles. The van der Waals surface area contributed by atoms with Gasteiger partial charge >= 0.3 is 12.0 Å². The molecule has 1 heterocycles. The van der Waals surface area contributed by atoms with Crippen LogP contribution >= 0.6 is 0 Å². The highest BCUT2D eigenvalue weighted by Crippen LogP contribution is 2.03. The van der Waals surface area contributed by atoms with Crippen LogP contribution in [0, 0.1) is 0 Å². The number of nitrogens with one attached hydrogen (secondary N) is 2. The zero-order valence-corrected chi connectivity index (χ0v) is 10.8. The third-order valence-corrected chi connectivity index (χ3v) is 2.88. The molecule has 3 N–H and O–H groups in total. The summed E-state index contributed by atoms with van der Waals surface area (Å²) in [6, 6.07) is -1.38. The Balaban J connectivity index is 2.23. The molecule has 7 heteroatoms. The maximum Gasteiger partial charge on any atom is 0.325 e. The van der Waals surface area contributed by atoms with Gasteiger partial charge in [0.2, 0.25) is 0 Å². The van der Waals surface area contributed by atoms with Crippen LogP contribution in [-0.2, 0) is 9.53 Å². The molecule has 7 nitrogen and oxygen atoms in total. The second-order valence-electron chi connectivity index (χ2n) is 4.30. The fourth-order valence-corrected chi connectivity index (χ4v) is 1.71. The molecule has 2 unspecified atom stereocenters. The van der Waals surface area contributed by atoms with Gasteiger partial charge in [0.05, 0.1) is 12.7 Å². The summed E-state index contributed by atoms with van der Waals surface area (Å²) in [6.07, 6.45) is -0.0374. The van der Waals surface area contributed by atoms with Gasteiger partial charge in [0.25, 0.3) is 0 Å². The monoisotopic (exact) mass is 259 g/mol. The second-order valence-corrected chi connectivity index (χ2v) is 4.30. The Morgan fingerprint density at radius 3 is 2.89 bits per heavy atom. The molecule has 0 aromatic rings. The lowest BCUT2D eigenvalue weighted by molar-refractivity contribution is -0.138. The van der Waals surface area contributed by atoms with Crippen molar-refractivity contribution < 1.29 is 19.4 Å². The average Bonchev–Trinajstić information content (AvgIpc) is 2.36. The Kier molecular flexibility index (Phi) is 5.87. The van der Waals surface area contributed by atoms with Crippen molar-refractivity contribution >= 4 is 12.0 Å². The lowest BCUT2D eigenvalue weighted by atomic mass is 10.2. The van der Waals surface area contributed by atoms with E-state index in [0.29, 0.717) is 13.2 Å². The van der Waals surface area contributed by atoms with E-state index < -0.39 is 18.0 Å². The molecule has 1 fully saturated rings. The van der Waals surface area contributed by atoms with Crippen molar-refractivity contribution in [3.05, 3.63) is 0 Å². The molecule has 104 valence electrons. The van der Waals surface area contributed by atoms with Gasteiger partial charge in [-0.25, -0.2) is 4.79 Å². The Morgan fingerprint density at radius 2 is 2.28 bits per heavy atom. The smallest absolute Gasteiger partial charge is 0.325 e. The van der Waals surface area contributed by atoms with Crippen LogP contribution in [0.2, 0.25) is 0 Å². The first-order valence-corrected chi connectivity index (χ1v) is 6.14. The van der Waals surface area contributed by atoms with Crippen molar-refractivity contribution in [2.45, 2.75) is 26.0 Å². The number of carbonyl (C=O) groups excluding carboxylic acids is 1. The van der Waals surface area contributed by atoms with Crippen LogP contribution in [0.25, 0.3) is 0 Å². The molecule has 1 aliphatic rings. The molecule has 18 heavy (non-hydrogen) atoms. The van der Waals surface area contributed by atoms with E-state index in [1.807, 2.05) is 0 Å². The maximum absolute atomic E-state index is 11.4. The van der Waals surface area contributed by atoms with Crippen LogP contribution in [0.4, 0.5) is 4.79 Å². The van der Waals surface area contributed by atoms with Gasteiger partial charge in [-0.2, -0.15) is 0 Å². The standard InChI is InChI=1S/C11H21N3O4/c1-3-14-4-5-18-9(7-14)6-12-11(17)13-8(2)10(15)16/h8-9H,3-7H2,1-2H3,(H,15,16)(H2,12,13,17). The van der Waals surface area contributed by atoms with Crippen LogP contribution < -0.4 is 10.6 Å². The van der Waals surface area contributed by atoms with Gasteiger partial charge < -0.3 is 20.5 Å². The number of ether oxygens (including phenoxy) is 1. The molecule has 0 radical (unpaired) electrons. The first kappa shape index (κ1) is 14.7. The predicted molar refractivity (Wildman–Crippen MR) is 65.5 cm³/mol. The minimum absolute atomic E-state index is 0.0374. The fourth-order valence-electron chi connectivity index (χ4n) is 1.71. The number of morpholine rings is 1. The summed E-state index contributed by atoms with van der Waals surface area (Å²) in [5.41, 5.74) is 0. The van der Waals surface area contributed by atoms with E-state index in [1.165, 1.54) is 6.92 Å². The van der Waals surface area contributed by atoms with Gasteiger partial charge in [0.1, 0.15) is 6.04 Å². The highest BCUT2D eigenvalue weighted by atomic mass is 16.5. The Labute approximate surface area is 106 Å². The number of carboxylic acids is 1. The molecular weight excluding hydrogens is 238 g/mol. The zero-order valence-electron chi connectivity index (χ0n) is 10.8. The molecule has 1 rings (SSSR count). The van der Waals surface area contributed by atoms with Gasteiger partial charge in [-0.1, -0.05) is 6.92 Å². The fraction of sp³-hybridized carbons (Fsp3) is 0.818. The van der Waals surface area contributed by atoms with Crippen LogP contribution in [0.1, 0.15) is 13.8 Å². The largest absolute Gasteiger partial charge is 0.480 e. The van der Waals surface area contributed by atoms with E-state index in [-0.39, 0.29) is 6.10 Å². The molecule has 2 atom stereocenters. The van der Waals surface area contributed by atoms with Crippen molar-refractivity contribution in [2.24, 2.45) is 0 Å². The van der Waals surface area contributed by atoms with Crippen molar-refractivity contribution in [3.63, 3.8) is 0 Å². The topological polar surface area (TPSA) is 90.9 Å². The minimum Gasteiger partial charge on any atom is -0.480 e. The van der Waals surface area contributed by atoms with Crippen molar-refractivity contribution in [2.75, 3.05) is 32.8 Å². The first-order valence-electron chi connectivity index (χ1n) is 6.14. The second kappa shape index (κ2) is 7.17. The quantitative estimate of drug-likeness (QED) is 0.618. The highest BCUT2D eigenvalue weighted by Gasteiger charge is 2.20. The molecule has 0 bridgehead atoms. The summed E-state index contributed by atoms with van der Waals surface area (Å²) in [6.45, 7) is 7.19. The van der Waals surface area contributed by atoms with E-state index in [1.54, 1.807) is 0 Å². The number of carboxylic acid groups (broad SMARTS) is 1. The summed E-state index contributed by atoms with van der Waals surface area (Å²) < 4.78 is 5.51. The van der Waals surface area contributed by atoms with Gasteiger partial charge in [-0.3, -0.25) is 9.69 Å². The van der Waals surface area contributed by atoms with Crippen molar-refractivity contribution in [1.82, 2.24) is 15.5 Å². The SMILES string of the molecule is CCN1CCOC(CNC(=O)NC(C)C(=O)O)C1. The molecule has 0 aromatic carbocycles. The number of amides is 2. The summed E-state index contributed by atoms with van der Waals surface area (Å²) in [4.78, 5) is 24.2. The zero-order chi connectivity index (χ0) is 13.5. The molecule has 0 aromatic heterocycles. The molecule has 0 aliphatic carbocycles. The first-order chi connectivity index (χ1) is 8.52. The van der Waals surface area contributed by atoms with Crippen molar-refractivity contribution in [1.29, 1.82) is 0 Å². The third kappa shape index (κ3) is 4.89. The van der Waals surface area contributed by atoms with E-state index in [9.17, 15) is 9.59 Å². The highest BCUT2D eigenvalue weighted by molar-refractivity contribution is 5.82. The maximum atomic E-state index is 11.4. The van der Waals surface area contributed by atoms with Crippen LogP contribution in [0.15, 0.2) is 0 Å². The Bertz CT molecular complexity index is 298. The summed E-state index contributed by atoms with van der Waals surface area (Å²) in [7, 11) is 0. The molecule has 0 spiro atoms. The summed E-state index contributed by atoms with van der Waals surface area (Å²) in [5, 5.41) is 13.6. The molecule has 1 saturated heterocycles. The summed E-state index contributed by atoms with van der Waals surface area (Å²) in [5.74, 6) is -1.06. The normalized spacial score (nSPS) is 22.2. The number of carbonyl (C=O) groups is 2. The third-order valence-electron chi connectivity index (χ3n) is 2.88. The van der Waals surface area contributed by atoms with Gasteiger partial charge in [-0.15, -0.1) is 0 Å². The van der Waals surface area contributed by atoms with E-state index >= 15 is 0 Å². The number of likely N-dealkylation sites (N-methyl/N-ethyl adjacent to an activating group) is 1. The van der Waals surface area contributed by atoms with Crippen molar-refractivity contribution in [3.8, 4) is 0 Å². The minimum atomic E-state index is -1.06. The number of rotatable bonds is 5. The Hall–Kier alpha value is -1.34. The van der Waals surface area contributed by atoms with Crippen LogP contribution in [-0.4, -0.2) is 66.9 Å². The molecule has 1 aliphatic heterocycles. The number of urea groups is 1. The van der Waals surface area contributed by atoms with Gasteiger partial charge in [-0.05, 0) is 13.5 Å². The van der Waals surface area contributed by atoms with Crippen LogP contribution in [0.5, 0.6) is 0 Å². The number of hydrogen-bond acceptors (Lipinski definition) is 4. The van der Waals surface area contributed by atoms with E-state index in [2.05, 4.69) is 22.5 Å². The van der Waals surface area contributed by atoms with E-state index in [0.717, 1.165) is 19.6 Å². The summed E-state index contributed by atoms with van der Waals surface area (Å²) >= 11 is 0.